The van der Waals surface area contributed by atoms with Gasteiger partial charge >= 0.3 is 6.03 Å². The van der Waals surface area contributed by atoms with Crippen LogP contribution in [0.25, 0.3) is 6.08 Å². The molecule has 1 rings (SSSR count). The first kappa shape index (κ1) is 17.8. The van der Waals surface area contributed by atoms with E-state index in [1.807, 2.05) is 35.2 Å². The van der Waals surface area contributed by atoms with Crippen molar-refractivity contribution in [1.82, 2.24) is 10.2 Å². The number of halogens is 1. The average molecular weight is 353 g/mol. The van der Waals surface area contributed by atoms with Crippen molar-refractivity contribution in [2.45, 2.75) is 27.7 Å². The Hall–Kier alpha value is -1.29. The van der Waals surface area contributed by atoms with Gasteiger partial charge in [0.1, 0.15) is 0 Å². The molecule has 2 amide bonds. The molecule has 0 atom stereocenters. The zero-order valence-corrected chi connectivity index (χ0v) is 14.9. The molecule has 1 aromatic carbocycles. The van der Waals surface area contributed by atoms with Gasteiger partial charge in [-0.25, -0.2) is 4.79 Å². The van der Waals surface area contributed by atoms with Gasteiger partial charge in [-0.2, -0.15) is 0 Å². The van der Waals surface area contributed by atoms with Crippen molar-refractivity contribution in [3.8, 4) is 0 Å². The smallest absolute Gasteiger partial charge is 0.321 e. The molecule has 0 saturated heterocycles. The van der Waals surface area contributed by atoms with E-state index >= 15 is 0 Å². The molecule has 21 heavy (non-hydrogen) atoms. The first-order valence-electron chi connectivity index (χ1n) is 7.36. The van der Waals surface area contributed by atoms with Crippen molar-refractivity contribution in [2.75, 3.05) is 13.1 Å². The SMILES string of the molecule is CC(C)CN(CC(C)C)C(=O)N/C=C/c1ccc(Br)cc1. The Kier molecular flexibility index (Phi) is 7.51. The number of carbonyl (C=O) groups excluding carboxylic acids is 1. The number of amides is 2. The molecular formula is C17H25BrN2O. The van der Waals surface area contributed by atoms with Crippen molar-refractivity contribution in [3.63, 3.8) is 0 Å². The van der Waals surface area contributed by atoms with Crippen LogP contribution < -0.4 is 5.32 Å². The third kappa shape index (κ3) is 7.32. The number of hydrogen-bond acceptors (Lipinski definition) is 1. The molecule has 1 aromatic rings. The van der Waals surface area contributed by atoms with Gasteiger partial charge in [-0.15, -0.1) is 0 Å². The highest BCUT2D eigenvalue weighted by atomic mass is 79.9. The minimum absolute atomic E-state index is 0.0363. The van der Waals surface area contributed by atoms with Gasteiger partial charge in [-0.3, -0.25) is 0 Å². The maximum atomic E-state index is 12.2. The standard InChI is InChI=1S/C17H25BrN2O/c1-13(2)11-20(12-14(3)4)17(21)19-10-9-15-5-7-16(18)8-6-15/h5-10,13-14H,11-12H2,1-4H3,(H,19,21)/b10-9+. The molecule has 4 heteroatoms. The minimum atomic E-state index is -0.0363. The van der Waals surface area contributed by atoms with Crippen molar-refractivity contribution in [1.29, 1.82) is 0 Å². The number of urea groups is 1. The van der Waals surface area contributed by atoms with E-state index in [2.05, 4.69) is 48.9 Å². The molecule has 0 aliphatic rings. The van der Waals surface area contributed by atoms with Crippen molar-refractivity contribution < 1.29 is 4.79 Å². The molecule has 0 unspecified atom stereocenters. The van der Waals surface area contributed by atoms with E-state index < -0.39 is 0 Å². The van der Waals surface area contributed by atoms with Crippen LogP contribution in [0.5, 0.6) is 0 Å². The summed E-state index contributed by atoms with van der Waals surface area (Å²) >= 11 is 3.40. The van der Waals surface area contributed by atoms with Gasteiger partial charge in [0, 0.05) is 23.8 Å². The number of carbonyl (C=O) groups is 1. The van der Waals surface area contributed by atoms with Crippen LogP contribution in [-0.2, 0) is 0 Å². The summed E-state index contributed by atoms with van der Waals surface area (Å²) in [6, 6.07) is 7.90. The zero-order valence-electron chi connectivity index (χ0n) is 13.3. The van der Waals surface area contributed by atoms with Crippen LogP contribution in [0.2, 0.25) is 0 Å². The van der Waals surface area contributed by atoms with Crippen LogP contribution in [0.4, 0.5) is 4.79 Å². The normalized spacial score (nSPS) is 11.4. The summed E-state index contributed by atoms with van der Waals surface area (Å²) in [4.78, 5) is 14.1. The van der Waals surface area contributed by atoms with Crippen LogP contribution in [0.1, 0.15) is 33.3 Å². The fourth-order valence-corrected chi connectivity index (χ4v) is 2.26. The van der Waals surface area contributed by atoms with Crippen LogP contribution in [-0.4, -0.2) is 24.0 Å². The minimum Gasteiger partial charge on any atom is -0.324 e. The summed E-state index contributed by atoms with van der Waals surface area (Å²) in [5, 5.41) is 2.85. The van der Waals surface area contributed by atoms with Gasteiger partial charge in [0.2, 0.25) is 0 Å². The highest BCUT2D eigenvalue weighted by molar-refractivity contribution is 9.10. The second-order valence-corrected chi connectivity index (χ2v) is 6.94. The summed E-state index contributed by atoms with van der Waals surface area (Å²) in [6.07, 6.45) is 3.60. The molecule has 0 fully saturated rings. The first-order valence-corrected chi connectivity index (χ1v) is 8.15. The average Bonchev–Trinajstić information content (AvgIpc) is 2.39. The quantitative estimate of drug-likeness (QED) is 0.787. The van der Waals surface area contributed by atoms with Gasteiger partial charge in [0.15, 0.2) is 0 Å². The van der Waals surface area contributed by atoms with Crippen LogP contribution >= 0.6 is 15.9 Å². The summed E-state index contributed by atoms with van der Waals surface area (Å²) in [5.74, 6) is 0.926. The van der Waals surface area contributed by atoms with Crippen LogP contribution in [0.15, 0.2) is 34.9 Å². The number of hydrogen-bond donors (Lipinski definition) is 1. The summed E-state index contributed by atoms with van der Waals surface area (Å²) < 4.78 is 1.05. The fraction of sp³-hybridized carbons (Fsp3) is 0.471. The van der Waals surface area contributed by atoms with Gasteiger partial charge in [0.05, 0.1) is 0 Å². The lowest BCUT2D eigenvalue weighted by Gasteiger charge is -2.25. The van der Waals surface area contributed by atoms with E-state index in [1.54, 1.807) is 6.20 Å². The monoisotopic (exact) mass is 352 g/mol. The second-order valence-electron chi connectivity index (χ2n) is 6.03. The number of rotatable bonds is 6. The number of benzene rings is 1. The molecule has 0 radical (unpaired) electrons. The van der Waals surface area contributed by atoms with E-state index in [-0.39, 0.29) is 6.03 Å². The molecule has 116 valence electrons. The second kappa shape index (κ2) is 8.88. The maximum absolute atomic E-state index is 12.2. The topological polar surface area (TPSA) is 32.3 Å². The van der Waals surface area contributed by atoms with E-state index in [9.17, 15) is 4.79 Å². The summed E-state index contributed by atoms with van der Waals surface area (Å²) in [7, 11) is 0. The van der Waals surface area contributed by atoms with Gasteiger partial charge in [-0.05, 0) is 35.6 Å². The molecule has 0 saturated carbocycles. The first-order chi connectivity index (χ1) is 9.88. The van der Waals surface area contributed by atoms with Crippen molar-refractivity contribution in [3.05, 3.63) is 40.5 Å². The molecule has 0 spiro atoms. The highest BCUT2D eigenvalue weighted by Gasteiger charge is 2.14. The van der Waals surface area contributed by atoms with Crippen LogP contribution in [0, 0.1) is 11.8 Å². The molecule has 1 N–H and O–H groups in total. The summed E-state index contributed by atoms with van der Waals surface area (Å²) in [5.41, 5.74) is 1.05. The zero-order chi connectivity index (χ0) is 15.8. The third-order valence-corrected chi connectivity index (χ3v) is 3.34. The third-order valence-electron chi connectivity index (χ3n) is 2.81. The Morgan fingerprint density at radius 1 is 1.14 bits per heavy atom. The molecule has 3 nitrogen and oxygen atoms in total. The molecular weight excluding hydrogens is 328 g/mol. The largest absolute Gasteiger partial charge is 0.324 e. The Labute approximate surface area is 136 Å². The van der Waals surface area contributed by atoms with E-state index in [1.165, 1.54) is 0 Å². The van der Waals surface area contributed by atoms with Crippen molar-refractivity contribution in [2.24, 2.45) is 11.8 Å². The molecule has 0 bridgehead atoms. The van der Waals surface area contributed by atoms with Gasteiger partial charge < -0.3 is 10.2 Å². The lowest BCUT2D eigenvalue weighted by molar-refractivity contribution is 0.187. The fourth-order valence-electron chi connectivity index (χ4n) is 2.00. The molecule has 0 aromatic heterocycles. The van der Waals surface area contributed by atoms with E-state index in [4.69, 9.17) is 0 Å². The van der Waals surface area contributed by atoms with E-state index in [0.29, 0.717) is 11.8 Å². The Morgan fingerprint density at radius 3 is 2.14 bits per heavy atom. The van der Waals surface area contributed by atoms with Crippen molar-refractivity contribution >= 4 is 28.0 Å². The number of nitrogens with one attached hydrogen (secondary N) is 1. The summed E-state index contributed by atoms with van der Waals surface area (Å²) in [6.45, 7) is 10.0. The van der Waals surface area contributed by atoms with Gasteiger partial charge in [-0.1, -0.05) is 55.8 Å². The molecule has 0 aliphatic carbocycles. The number of nitrogens with zero attached hydrogens (tertiary/aromatic N) is 1. The van der Waals surface area contributed by atoms with Gasteiger partial charge in [0.25, 0.3) is 0 Å². The molecule has 0 heterocycles. The van der Waals surface area contributed by atoms with Crippen LogP contribution in [0.3, 0.4) is 0 Å². The maximum Gasteiger partial charge on any atom is 0.321 e. The molecule has 0 aliphatic heterocycles. The Balaban J connectivity index is 2.57. The predicted octanol–water partition coefficient (Wildman–Crippen LogP) is 4.74. The Morgan fingerprint density at radius 2 is 1.67 bits per heavy atom. The predicted molar refractivity (Wildman–Crippen MR) is 93.0 cm³/mol. The lowest BCUT2D eigenvalue weighted by atomic mass is 10.1. The Bertz CT molecular complexity index is 456. The lowest BCUT2D eigenvalue weighted by Crippen LogP contribution is -2.41. The van der Waals surface area contributed by atoms with E-state index in [0.717, 1.165) is 23.1 Å². The highest BCUT2D eigenvalue weighted by Crippen LogP contribution is 2.11.